The Morgan fingerprint density at radius 3 is 3.00 bits per heavy atom. The molecule has 0 saturated heterocycles. The Bertz CT molecular complexity index is 717. The van der Waals surface area contributed by atoms with Gasteiger partial charge in [0.15, 0.2) is 0 Å². The van der Waals surface area contributed by atoms with E-state index in [1.165, 1.54) is 6.26 Å². The number of carbonyl (C=O) groups is 1. The number of nitrogens with zero attached hydrogens (tertiary/aromatic N) is 2. The van der Waals surface area contributed by atoms with Crippen molar-refractivity contribution in [3.05, 3.63) is 54.4 Å². The van der Waals surface area contributed by atoms with Gasteiger partial charge in [-0.15, -0.1) is 12.4 Å². The number of fused-ring (bicyclic) bond motifs is 1. The third-order valence-electron chi connectivity index (χ3n) is 2.84. The van der Waals surface area contributed by atoms with Gasteiger partial charge in [-0.05, 0) is 18.2 Å². The van der Waals surface area contributed by atoms with Gasteiger partial charge in [-0.3, -0.25) is 9.78 Å². The lowest BCUT2D eigenvalue weighted by Crippen LogP contribution is -2.09. The molecular formula is C13H12ClN3O2. The van der Waals surface area contributed by atoms with E-state index >= 15 is 0 Å². The van der Waals surface area contributed by atoms with E-state index in [0.29, 0.717) is 17.9 Å². The second kappa shape index (κ2) is 5.16. The average Bonchev–Trinajstić information content (AvgIpc) is 2.98. The maximum Gasteiger partial charge on any atom is 0.251 e. The molecule has 3 aromatic rings. The summed E-state index contributed by atoms with van der Waals surface area (Å²) in [4.78, 5) is 15.0. The van der Waals surface area contributed by atoms with E-state index in [9.17, 15) is 4.79 Å². The highest BCUT2D eigenvalue weighted by atomic mass is 35.5. The Labute approximate surface area is 115 Å². The van der Waals surface area contributed by atoms with Crippen LogP contribution in [-0.2, 0) is 6.54 Å². The van der Waals surface area contributed by atoms with Gasteiger partial charge in [0.2, 0.25) is 0 Å². The summed E-state index contributed by atoms with van der Waals surface area (Å²) < 4.78 is 7.34. The van der Waals surface area contributed by atoms with Gasteiger partial charge in [-0.1, -0.05) is 0 Å². The smallest absolute Gasteiger partial charge is 0.251 e. The highest BCUT2D eigenvalue weighted by molar-refractivity contribution is 5.92. The molecule has 0 atom stereocenters. The predicted octanol–water partition coefficient (Wildman–Crippen LogP) is 2.20. The number of primary amides is 1. The third-order valence-corrected chi connectivity index (χ3v) is 2.84. The monoisotopic (exact) mass is 277 g/mol. The summed E-state index contributed by atoms with van der Waals surface area (Å²) in [5, 5.41) is 1.07. The van der Waals surface area contributed by atoms with E-state index in [2.05, 4.69) is 4.98 Å². The molecule has 0 aromatic carbocycles. The largest absolute Gasteiger partial charge is 0.467 e. The van der Waals surface area contributed by atoms with Crippen molar-refractivity contribution in [2.45, 2.75) is 6.54 Å². The molecule has 1 amide bonds. The van der Waals surface area contributed by atoms with Crippen molar-refractivity contribution in [3.63, 3.8) is 0 Å². The van der Waals surface area contributed by atoms with Crippen molar-refractivity contribution in [3.8, 4) is 0 Å². The quantitative estimate of drug-likeness (QED) is 0.797. The first-order valence-electron chi connectivity index (χ1n) is 5.50. The van der Waals surface area contributed by atoms with Gasteiger partial charge in [0.25, 0.3) is 5.91 Å². The fourth-order valence-corrected chi connectivity index (χ4v) is 1.94. The van der Waals surface area contributed by atoms with E-state index in [-0.39, 0.29) is 12.4 Å². The first-order chi connectivity index (χ1) is 8.74. The summed E-state index contributed by atoms with van der Waals surface area (Å²) in [7, 11) is 0. The third kappa shape index (κ3) is 2.46. The molecule has 0 spiro atoms. The Kier molecular flexibility index (Phi) is 3.57. The molecule has 3 rings (SSSR count). The lowest BCUT2D eigenvalue weighted by Gasteiger charge is -2.01. The van der Waals surface area contributed by atoms with Crippen LogP contribution in [-0.4, -0.2) is 15.5 Å². The predicted molar refractivity (Wildman–Crippen MR) is 73.3 cm³/mol. The standard InChI is InChI=1S/C13H11N3O2.ClH/c14-13(17)10-5-11(18-8-10)7-16-4-2-9-6-15-3-1-12(9)16;/h1-6,8H,7H2,(H2,14,17);1H. The van der Waals surface area contributed by atoms with Crippen LogP contribution in [0.3, 0.4) is 0 Å². The number of halogens is 1. The molecule has 19 heavy (non-hydrogen) atoms. The van der Waals surface area contributed by atoms with E-state index < -0.39 is 5.91 Å². The van der Waals surface area contributed by atoms with Crippen molar-refractivity contribution in [1.82, 2.24) is 9.55 Å². The summed E-state index contributed by atoms with van der Waals surface area (Å²) in [6.07, 6.45) is 6.89. The second-order valence-corrected chi connectivity index (χ2v) is 4.04. The summed E-state index contributed by atoms with van der Waals surface area (Å²) in [6.45, 7) is 0.556. The van der Waals surface area contributed by atoms with E-state index in [0.717, 1.165) is 10.9 Å². The lowest BCUT2D eigenvalue weighted by molar-refractivity contribution is 0.0999. The maximum atomic E-state index is 11.0. The van der Waals surface area contributed by atoms with Gasteiger partial charge in [-0.25, -0.2) is 0 Å². The summed E-state index contributed by atoms with van der Waals surface area (Å²) in [6, 6.07) is 5.59. The Morgan fingerprint density at radius 2 is 2.26 bits per heavy atom. The zero-order chi connectivity index (χ0) is 12.5. The molecule has 0 radical (unpaired) electrons. The normalized spacial score (nSPS) is 10.3. The van der Waals surface area contributed by atoms with Gasteiger partial charge in [0.05, 0.1) is 17.6 Å². The number of rotatable bonds is 3. The van der Waals surface area contributed by atoms with Crippen LogP contribution in [0.1, 0.15) is 16.1 Å². The molecule has 98 valence electrons. The molecule has 2 N–H and O–H groups in total. The molecule has 3 aromatic heterocycles. The van der Waals surface area contributed by atoms with Crippen LogP contribution in [0.2, 0.25) is 0 Å². The zero-order valence-electron chi connectivity index (χ0n) is 9.95. The van der Waals surface area contributed by atoms with Gasteiger partial charge in [0.1, 0.15) is 12.0 Å². The molecule has 0 aliphatic carbocycles. The van der Waals surface area contributed by atoms with Crippen LogP contribution >= 0.6 is 12.4 Å². The molecule has 0 fully saturated rings. The fraction of sp³-hybridized carbons (Fsp3) is 0.0769. The number of pyridine rings is 1. The van der Waals surface area contributed by atoms with Crippen molar-refractivity contribution >= 4 is 29.2 Å². The Morgan fingerprint density at radius 1 is 1.42 bits per heavy atom. The summed E-state index contributed by atoms with van der Waals surface area (Å²) in [5.41, 5.74) is 6.64. The van der Waals surface area contributed by atoms with Gasteiger partial charge in [-0.2, -0.15) is 0 Å². The minimum Gasteiger partial charge on any atom is -0.467 e. The molecule has 0 saturated carbocycles. The first-order valence-corrected chi connectivity index (χ1v) is 5.50. The summed E-state index contributed by atoms with van der Waals surface area (Å²) >= 11 is 0. The molecule has 0 aliphatic rings. The maximum absolute atomic E-state index is 11.0. The molecule has 0 aliphatic heterocycles. The number of hydrogen-bond acceptors (Lipinski definition) is 3. The summed E-state index contributed by atoms with van der Waals surface area (Å²) in [5.74, 6) is 0.213. The molecule has 3 heterocycles. The van der Waals surface area contributed by atoms with Crippen LogP contribution < -0.4 is 5.73 Å². The van der Waals surface area contributed by atoms with Crippen LogP contribution in [0.4, 0.5) is 0 Å². The molecule has 0 unspecified atom stereocenters. The number of furan rings is 1. The first kappa shape index (κ1) is 13.2. The highest BCUT2D eigenvalue weighted by Gasteiger charge is 2.08. The minimum absolute atomic E-state index is 0. The number of amides is 1. The number of aromatic nitrogens is 2. The van der Waals surface area contributed by atoms with Crippen molar-refractivity contribution in [1.29, 1.82) is 0 Å². The number of carbonyl (C=O) groups excluding carboxylic acids is 1. The van der Waals surface area contributed by atoms with Crippen LogP contribution in [0.15, 0.2) is 47.5 Å². The topological polar surface area (TPSA) is 74.1 Å². The van der Waals surface area contributed by atoms with Gasteiger partial charge >= 0.3 is 0 Å². The molecular weight excluding hydrogens is 266 g/mol. The van der Waals surface area contributed by atoms with Crippen LogP contribution in [0.25, 0.3) is 10.9 Å². The van der Waals surface area contributed by atoms with E-state index in [4.69, 9.17) is 10.2 Å². The van der Waals surface area contributed by atoms with Gasteiger partial charge in [0, 0.05) is 24.0 Å². The SMILES string of the molecule is Cl.NC(=O)c1coc(Cn2ccc3cnccc32)c1. The highest BCUT2D eigenvalue weighted by Crippen LogP contribution is 2.16. The molecule has 6 heteroatoms. The Hall–Kier alpha value is -2.27. The van der Waals surface area contributed by atoms with Crippen molar-refractivity contribution < 1.29 is 9.21 Å². The van der Waals surface area contributed by atoms with E-state index in [1.54, 1.807) is 12.3 Å². The molecule has 5 nitrogen and oxygen atoms in total. The second-order valence-electron chi connectivity index (χ2n) is 4.04. The van der Waals surface area contributed by atoms with E-state index in [1.807, 2.05) is 29.1 Å². The van der Waals surface area contributed by atoms with Gasteiger partial charge < -0.3 is 14.7 Å². The zero-order valence-corrected chi connectivity index (χ0v) is 10.8. The number of hydrogen-bond donors (Lipinski definition) is 1. The van der Waals surface area contributed by atoms with Crippen LogP contribution in [0, 0.1) is 0 Å². The lowest BCUT2D eigenvalue weighted by atomic mass is 10.3. The fourth-order valence-electron chi connectivity index (χ4n) is 1.94. The van der Waals surface area contributed by atoms with Crippen molar-refractivity contribution in [2.24, 2.45) is 5.73 Å². The average molecular weight is 278 g/mol. The number of nitrogens with two attached hydrogens (primary N) is 1. The van der Waals surface area contributed by atoms with Crippen molar-refractivity contribution in [2.75, 3.05) is 0 Å². The minimum atomic E-state index is -0.480. The Balaban J connectivity index is 0.00000133. The van der Waals surface area contributed by atoms with Crippen LogP contribution in [0.5, 0.6) is 0 Å². The molecule has 0 bridgehead atoms.